The molecule has 1 aromatic rings. The number of rotatable bonds is 7. The fraction of sp³-hybridized carbons (Fsp3) is 0.545. The average molecular weight is 289 g/mol. The number of ether oxygens (including phenoxy) is 1. The number of nitrogens with zero attached hydrogens (tertiary/aromatic N) is 2. The zero-order chi connectivity index (χ0) is 14.5. The van der Waals surface area contributed by atoms with E-state index in [0.29, 0.717) is 5.69 Å². The van der Waals surface area contributed by atoms with Crippen LogP contribution in [0.5, 0.6) is 0 Å². The predicted octanol–water partition coefficient (Wildman–Crippen LogP) is -0.832. The van der Waals surface area contributed by atoms with Crippen molar-refractivity contribution in [3.63, 3.8) is 0 Å². The Balaban J connectivity index is 2.83. The Hall–Kier alpha value is -1.06. The van der Waals surface area contributed by atoms with Gasteiger partial charge in [0.25, 0.3) is 0 Å². The molecule has 0 aromatic carbocycles. The normalized spacial score (nSPS) is 13.7. The van der Waals surface area contributed by atoms with E-state index in [4.69, 9.17) is 10.5 Å². The molecular formula is C11H19N3O4S. The van der Waals surface area contributed by atoms with E-state index in [0.717, 1.165) is 4.31 Å². The standard InChI is InChI=1S/C11H19N3O4S/c1-14(7-10(15)8-18-2)19(16,17)11-4-3-9(5-12)13-6-11/h3-4,6,10,15H,5,7-8,12H2,1-2H3. The maximum absolute atomic E-state index is 12.2. The Kier molecular flexibility index (Phi) is 5.83. The molecule has 1 atom stereocenters. The fourth-order valence-electron chi connectivity index (χ4n) is 1.50. The maximum Gasteiger partial charge on any atom is 0.244 e. The van der Waals surface area contributed by atoms with Crippen molar-refractivity contribution in [2.45, 2.75) is 17.5 Å². The zero-order valence-corrected chi connectivity index (χ0v) is 11.8. The quantitative estimate of drug-likeness (QED) is 0.678. The first-order chi connectivity index (χ1) is 8.91. The molecule has 0 spiro atoms. The van der Waals surface area contributed by atoms with Gasteiger partial charge in [-0.2, -0.15) is 4.31 Å². The van der Waals surface area contributed by atoms with Crippen molar-refractivity contribution in [3.05, 3.63) is 24.0 Å². The molecule has 0 amide bonds. The second-order valence-electron chi connectivity index (χ2n) is 4.08. The van der Waals surface area contributed by atoms with Crippen LogP contribution in [0, 0.1) is 0 Å². The molecule has 0 saturated heterocycles. The second kappa shape index (κ2) is 6.92. The molecule has 8 heteroatoms. The summed E-state index contributed by atoms with van der Waals surface area (Å²) in [4.78, 5) is 4.01. The number of aliphatic hydroxyl groups is 1. The smallest absolute Gasteiger partial charge is 0.244 e. The molecule has 3 N–H and O–H groups in total. The van der Waals surface area contributed by atoms with Crippen molar-refractivity contribution in [2.75, 3.05) is 27.3 Å². The highest BCUT2D eigenvalue weighted by atomic mass is 32.2. The van der Waals surface area contributed by atoms with Gasteiger partial charge in [-0.05, 0) is 12.1 Å². The monoisotopic (exact) mass is 289 g/mol. The third kappa shape index (κ3) is 4.22. The third-order valence-electron chi connectivity index (χ3n) is 2.54. The summed E-state index contributed by atoms with van der Waals surface area (Å²) in [5, 5.41) is 9.55. The molecule has 19 heavy (non-hydrogen) atoms. The molecule has 0 aliphatic carbocycles. The van der Waals surface area contributed by atoms with Crippen LogP contribution < -0.4 is 5.73 Å². The van der Waals surface area contributed by atoms with Crippen LogP contribution in [0.3, 0.4) is 0 Å². The molecule has 0 radical (unpaired) electrons. The van der Waals surface area contributed by atoms with Gasteiger partial charge < -0.3 is 15.6 Å². The highest BCUT2D eigenvalue weighted by Crippen LogP contribution is 2.13. The minimum Gasteiger partial charge on any atom is -0.389 e. The molecule has 1 unspecified atom stereocenters. The van der Waals surface area contributed by atoms with Gasteiger partial charge in [-0.3, -0.25) is 4.98 Å². The van der Waals surface area contributed by atoms with Crippen molar-refractivity contribution < 1.29 is 18.3 Å². The van der Waals surface area contributed by atoms with Crippen molar-refractivity contribution in [1.29, 1.82) is 0 Å². The van der Waals surface area contributed by atoms with Gasteiger partial charge in [-0.15, -0.1) is 0 Å². The summed E-state index contributed by atoms with van der Waals surface area (Å²) < 4.78 is 30.2. The molecule has 0 bridgehead atoms. The molecule has 1 rings (SSSR count). The van der Waals surface area contributed by atoms with E-state index < -0.39 is 16.1 Å². The van der Waals surface area contributed by atoms with E-state index in [9.17, 15) is 13.5 Å². The van der Waals surface area contributed by atoms with Gasteiger partial charge in [0, 0.05) is 33.4 Å². The lowest BCUT2D eigenvalue weighted by Gasteiger charge is -2.20. The largest absolute Gasteiger partial charge is 0.389 e. The minimum atomic E-state index is -3.66. The SMILES string of the molecule is COCC(O)CN(C)S(=O)(=O)c1ccc(CN)nc1. The van der Waals surface area contributed by atoms with Gasteiger partial charge in [0.15, 0.2) is 0 Å². The van der Waals surface area contributed by atoms with Crippen LogP contribution in [-0.2, 0) is 21.3 Å². The Morgan fingerprint density at radius 2 is 2.21 bits per heavy atom. The second-order valence-corrected chi connectivity index (χ2v) is 6.13. The summed E-state index contributed by atoms with van der Waals surface area (Å²) in [6.07, 6.45) is 0.387. The van der Waals surface area contributed by atoms with Crippen molar-refractivity contribution in [2.24, 2.45) is 5.73 Å². The zero-order valence-electron chi connectivity index (χ0n) is 11.0. The summed E-state index contributed by atoms with van der Waals surface area (Å²) in [5.74, 6) is 0. The maximum atomic E-state index is 12.2. The van der Waals surface area contributed by atoms with Gasteiger partial charge in [0.2, 0.25) is 10.0 Å². The van der Waals surface area contributed by atoms with Gasteiger partial charge in [-0.25, -0.2) is 8.42 Å². The van der Waals surface area contributed by atoms with E-state index in [1.807, 2.05) is 0 Å². The summed E-state index contributed by atoms with van der Waals surface area (Å²) in [5.41, 5.74) is 6.01. The Bertz CT molecular complexity index is 489. The minimum absolute atomic E-state index is 0.0468. The average Bonchev–Trinajstić information content (AvgIpc) is 2.39. The van der Waals surface area contributed by atoms with E-state index in [1.54, 1.807) is 6.07 Å². The first-order valence-electron chi connectivity index (χ1n) is 5.70. The van der Waals surface area contributed by atoms with Crippen LogP contribution in [-0.4, -0.2) is 56.2 Å². The lowest BCUT2D eigenvalue weighted by Crippen LogP contribution is -2.36. The molecule has 0 aliphatic heterocycles. The highest BCUT2D eigenvalue weighted by Gasteiger charge is 2.23. The summed E-state index contributed by atoms with van der Waals surface area (Å²) in [6.45, 7) is 0.280. The van der Waals surface area contributed by atoms with Crippen LogP contribution in [0.1, 0.15) is 5.69 Å². The lowest BCUT2D eigenvalue weighted by atomic mass is 10.4. The van der Waals surface area contributed by atoms with E-state index in [1.165, 1.54) is 26.4 Å². The van der Waals surface area contributed by atoms with Gasteiger partial charge in [0.05, 0.1) is 18.4 Å². The number of aliphatic hydroxyl groups excluding tert-OH is 1. The number of hydrogen-bond acceptors (Lipinski definition) is 6. The molecule has 0 saturated carbocycles. The number of likely N-dealkylation sites (N-methyl/N-ethyl adjacent to an activating group) is 1. The van der Waals surface area contributed by atoms with Gasteiger partial charge >= 0.3 is 0 Å². The van der Waals surface area contributed by atoms with E-state index >= 15 is 0 Å². The first kappa shape index (κ1) is 16.0. The molecule has 0 fully saturated rings. The number of methoxy groups -OCH3 is 1. The van der Waals surface area contributed by atoms with Crippen molar-refractivity contribution in [1.82, 2.24) is 9.29 Å². The summed E-state index contributed by atoms with van der Waals surface area (Å²) >= 11 is 0. The number of hydrogen-bond donors (Lipinski definition) is 2. The molecule has 7 nitrogen and oxygen atoms in total. The van der Waals surface area contributed by atoms with Crippen molar-refractivity contribution >= 4 is 10.0 Å². The Morgan fingerprint density at radius 1 is 1.53 bits per heavy atom. The van der Waals surface area contributed by atoms with Crippen LogP contribution in [0.4, 0.5) is 0 Å². The summed E-state index contributed by atoms with van der Waals surface area (Å²) in [7, 11) is -0.831. The molecule has 0 aliphatic rings. The number of aromatic nitrogens is 1. The Labute approximate surface area is 113 Å². The number of nitrogens with two attached hydrogens (primary N) is 1. The topological polar surface area (TPSA) is 106 Å². The molecule has 108 valence electrons. The van der Waals surface area contributed by atoms with E-state index in [-0.39, 0.29) is 24.6 Å². The predicted molar refractivity (Wildman–Crippen MR) is 69.8 cm³/mol. The highest BCUT2D eigenvalue weighted by molar-refractivity contribution is 7.89. The van der Waals surface area contributed by atoms with Crippen LogP contribution in [0.25, 0.3) is 0 Å². The molecular weight excluding hydrogens is 270 g/mol. The first-order valence-corrected chi connectivity index (χ1v) is 7.14. The summed E-state index contributed by atoms with van der Waals surface area (Å²) in [6, 6.07) is 3.01. The number of sulfonamides is 1. The van der Waals surface area contributed by atoms with Gasteiger partial charge in [-0.1, -0.05) is 0 Å². The molecule has 1 aromatic heterocycles. The third-order valence-corrected chi connectivity index (χ3v) is 4.35. The lowest BCUT2D eigenvalue weighted by molar-refractivity contribution is 0.0554. The fourth-order valence-corrected chi connectivity index (χ4v) is 2.66. The van der Waals surface area contributed by atoms with Crippen LogP contribution in [0.2, 0.25) is 0 Å². The number of pyridine rings is 1. The van der Waals surface area contributed by atoms with Crippen LogP contribution in [0.15, 0.2) is 23.2 Å². The Morgan fingerprint density at radius 3 is 2.68 bits per heavy atom. The molecule has 1 heterocycles. The van der Waals surface area contributed by atoms with Crippen molar-refractivity contribution in [3.8, 4) is 0 Å². The van der Waals surface area contributed by atoms with E-state index in [2.05, 4.69) is 4.98 Å². The van der Waals surface area contributed by atoms with Gasteiger partial charge in [0.1, 0.15) is 4.90 Å². The van der Waals surface area contributed by atoms with Crippen LogP contribution >= 0.6 is 0 Å².